The standard InChI is InChI=1S/C13H17N3O2S/c1-5-6-16-12(18)10(11(17)14-13(16)19)7-9(2)8-15(3)4/h5,7-8H,1,6H2,2-4H3,(H,14,17,19). The van der Waals surface area contributed by atoms with Crippen LogP contribution in [0, 0.1) is 0 Å². The number of thiocarbonyl (C=S) groups is 1. The maximum absolute atomic E-state index is 12.2. The van der Waals surface area contributed by atoms with E-state index in [0.29, 0.717) is 0 Å². The Labute approximate surface area is 118 Å². The normalized spacial score (nSPS) is 18.7. The molecule has 1 fully saturated rings. The second-order valence-electron chi connectivity index (χ2n) is 4.36. The smallest absolute Gasteiger partial charge is 0.265 e. The van der Waals surface area contributed by atoms with Crippen LogP contribution in [0.3, 0.4) is 0 Å². The number of rotatable bonds is 4. The Bertz CT molecular complexity index is 492. The van der Waals surface area contributed by atoms with E-state index in [-0.39, 0.29) is 17.2 Å². The van der Waals surface area contributed by atoms with Crippen LogP contribution in [0.5, 0.6) is 0 Å². The van der Waals surface area contributed by atoms with Crippen molar-refractivity contribution in [3.05, 3.63) is 36.1 Å². The molecule has 1 aliphatic heterocycles. The Balaban J connectivity index is 3.08. The van der Waals surface area contributed by atoms with Crippen molar-refractivity contribution in [1.29, 1.82) is 0 Å². The highest BCUT2D eigenvalue weighted by Crippen LogP contribution is 2.12. The average Bonchev–Trinajstić information content (AvgIpc) is 2.29. The number of hydrogen-bond donors (Lipinski definition) is 1. The summed E-state index contributed by atoms with van der Waals surface area (Å²) in [6.07, 6.45) is 4.93. The van der Waals surface area contributed by atoms with Gasteiger partial charge in [0, 0.05) is 26.8 Å². The Kier molecular flexibility index (Phi) is 5.00. The third-order valence-corrected chi connectivity index (χ3v) is 2.65. The van der Waals surface area contributed by atoms with Gasteiger partial charge in [-0.1, -0.05) is 6.08 Å². The maximum Gasteiger partial charge on any atom is 0.265 e. The number of carbonyl (C=O) groups excluding carboxylic acids is 2. The number of nitrogens with zero attached hydrogens (tertiary/aromatic N) is 2. The average molecular weight is 279 g/mol. The molecule has 2 amide bonds. The lowest BCUT2D eigenvalue weighted by Gasteiger charge is -2.27. The van der Waals surface area contributed by atoms with Gasteiger partial charge in [0.15, 0.2) is 5.11 Å². The zero-order valence-electron chi connectivity index (χ0n) is 11.3. The Morgan fingerprint density at radius 2 is 2.11 bits per heavy atom. The van der Waals surface area contributed by atoms with Crippen LogP contribution in [-0.2, 0) is 9.59 Å². The summed E-state index contributed by atoms with van der Waals surface area (Å²) in [5.41, 5.74) is 0.876. The summed E-state index contributed by atoms with van der Waals surface area (Å²) in [6.45, 7) is 5.65. The van der Waals surface area contributed by atoms with Crippen molar-refractivity contribution in [2.24, 2.45) is 0 Å². The van der Waals surface area contributed by atoms with Gasteiger partial charge >= 0.3 is 0 Å². The molecule has 0 unspecified atom stereocenters. The van der Waals surface area contributed by atoms with Crippen LogP contribution in [0.15, 0.2) is 36.1 Å². The van der Waals surface area contributed by atoms with Crippen molar-refractivity contribution in [2.75, 3.05) is 20.6 Å². The molecular formula is C13H17N3O2S. The first-order valence-corrected chi connectivity index (χ1v) is 6.12. The molecular weight excluding hydrogens is 262 g/mol. The highest BCUT2D eigenvalue weighted by molar-refractivity contribution is 7.80. The molecule has 0 radical (unpaired) electrons. The molecule has 1 saturated heterocycles. The molecule has 0 aromatic carbocycles. The maximum atomic E-state index is 12.2. The van der Waals surface area contributed by atoms with Crippen molar-refractivity contribution in [1.82, 2.24) is 15.1 Å². The summed E-state index contributed by atoms with van der Waals surface area (Å²) in [7, 11) is 3.73. The quantitative estimate of drug-likeness (QED) is 0.358. The Morgan fingerprint density at radius 1 is 1.47 bits per heavy atom. The van der Waals surface area contributed by atoms with Crippen LogP contribution in [0.2, 0.25) is 0 Å². The molecule has 102 valence electrons. The summed E-state index contributed by atoms with van der Waals surface area (Å²) >= 11 is 4.96. The van der Waals surface area contributed by atoms with Gasteiger partial charge in [0.2, 0.25) is 0 Å². The predicted molar refractivity (Wildman–Crippen MR) is 78.2 cm³/mol. The van der Waals surface area contributed by atoms with Gasteiger partial charge in [-0.3, -0.25) is 19.8 Å². The SMILES string of the molecule is C=CCN1C(=O)C(=CC(C)=CN(C)C)C(=O)NC1=S. The Hall–Kier alpha value is -1.95. The number of carbonyl (C=O) groups is 2. The van der Waals surface area contributed by atoms with Crippen molar-refractivity contribution in [3.63, 3.8) is 0 Å². The third kappa shape index (κ3) is 3.75. The molecule has 0 aliphatic carbocycles. The fourth-order valence-electron chi connectivity index (χ4n) is 1.66. The molecule has 0 spiro atoms. The highest BCUT2D eigenvalue weighted by Gasteiger charge is 2.32. The lowest BCUT2D eigenvalue weighted by molar-refractivity contribution is -0.128. The first-order valence-electron chi connectivity index (χ1n) is 5.71. The minimum absolute atomic E-state index is 0.0750. The lowest BCUT2D eigenvalue weighted by atomic mass is 10.1. The highest BCUT2D eigenvalue weighted by atomic mass is 32.1. The van der Waals surface area contributed by atoms with E-state index < -0.39 is 11.8 Å². The van der Waals surface area contributed by atoms with E-state index in [1.807, 2.05) is 32.1 Å². The molecule has 19 heavy (non-hydrogen) atoms. The zero-order valence-corrected chi connectivity index (χ0v) is 12.1. The van der Waals surface area contributed by atoms with Gasteiger partial charge < -0.3 is 4.90 Å². The van der Waals surface area contributed by atoms with Crippen LogP contribution in [-0.4, -0.2) is 47.4 Å². The summed E-state index contributed by atoms with van der Waals surface area (Å²) in [4.78, 5) is 27.1. The van der Waals surface area contributed by atoms with Gasteiger partial charge in [-0.25, -0.2) is 0 Å². The van der Waals surface area contributed by atoms with Crippen molar-refractivity contribution >= 4 is 29.1 Å². The summed E-state index contributed by atoms with van der Waals surface area (Å²) in [6, 6.07) is 0. The molecule has 0 bridgehead atoms. The Morgan fingerprint density at radius 3 is 2.63 bits per heavy atom. The summed E-state index contributed by atoms with van der Waals surface area (Å²) in [5.74, 6) is -0.873. The second kappa shape index (κ2) is 6.29. The van der Waals surface area contributed by atoms with Crippen LogP contribution >= 0.6 is 12.2 Å². The first kappa shape index (κ1) is 15.1. The minimum atomic E-state index is -0.471. The van der Waals surface area contributed by atoms with E-state index in [4.69, 9.17) is 12.2 Å². The van der Waals surface area contributed by atoms with Gasteiger partial charge in [-0.2, -0.15) is 0 Å². The van der Waals surface area contributed by atoms with E-state index in [1.165, 1.54) is 4.90 Å². The van der Waals surface area contributed by atoms with E-state index in [9.17, 15) is 9.59 Å². The molecule has 0 atom stereocenters. The molecule has 1 heterocycles. The van der Waals surface area contributed by atoms with Gasteiger partial charge in [-0.15, -0.1) is 6.58 Å². The molecule has 6 heteroatoms. The van der Waals surface area contributed by atoms with Gasteiger partial charge in [0.1, 0.15) is 5.57 Å². The summed E-state index contributed by atoms with van der Waals surface area (Å²) in [5, 5.41) is 2.61. The molecule has 0 aromatic heterocycles. The van der Waals surface area contributed by atoms with Crippen molar-refractivity contribution in [2.45, 2.75) is 6.92 Å². The van der Waals surface area contributed by atoms with E-state index in [1.54, 1.807) is 12.2 Å². The number of nitrogens with one attached hydrogen (secondary N) is 1. The summed E-state index contributed by atoms with van der Waals surface area (Å²) < 4.78 is 0. The molecule has 5 nitrogen and oxygen atoms in total. The van der Waals surface area contributed by atoms with Crippen LogP contribution in [0.4, 0.5) is 0 Å². The van der Waals surface area contributed by atoms with Gasteiger partial charge in [0.05, 0.1) is 0 Å². The zero-order chi connectivity index (χ0) is 14.6. The molecule has 1 rings (SSSR count). The fourth-order valence-corrected chi connectivity index (χ4v) is 1.91. The van der Waals surface area contributed by atoms with E-state index >= 15 is 0 Å². The van der Waals surface area contributed by atoms with Crippen LogP contribution in [0.1, 0.15) is 6.92 Å². The number of allylic oxidation sites excluding steroid dienone is 2. The van der Waals surface area contributed by atoms with E-state index in [0.717, 1.165) is 5.57 Å². The fraction of sp³-hybridized carbons (Fsp3) is 0.308. The number of hydrogen-bond acceptors (Lipinski definition) is 4. The second-order valence-corrected chi connectivity index (χ2v) is 4.75. The predicted octanol–water partition coefficient (Wildman–Crippen LogP) is 0.808. The molecule has 1 N–H and O–H groups in total. The monoisotopic (exact) mass is 279 g/mol. The number of amides is 2. The largest absolute Gasteiger partial charge is 0.383 e. The van der Waals surface area contributed by atoms with Gasteiger partial charge in [0.25, 0.3) is 11.8 Å². The van der Waals surface area contributed by atoms with Crippen molar-refractivity contribution < 1.29 is 9.59 Å². The van der Waals surface area contributed by atoms with Crippen LogP contribution < -0.4 is 5.32 Å². The van der Waals surface area contributed by atoms with E-state index in [2.05, 4.69) is 11.9 Å². The molecule has 0 saturated carbocycles. The lowest BCUT2D eigenvalue weighted by Crippen LogP contribution is -2.53. The molecule has 1 aliphatic rings. The van der Waals surface area contributed by atoms with Crippen molar-refractivity contribution in [3.8, 4) is 0 Å². The molecule has 0 aromatic rings. The topological polar surface area (TPSA) is 52.7 Å². The third-order valence-electron chi connectivity index (χ3n) is 2.33. The minimum Gasteiger partial charge on any atom is -0.383 e. The van der Waals surface area contributed by atoms with Crippen LogP contribution in [0.25, 0.3) is 0 Å². The van der Waals surface area contributed by atoms with Gasteiger partial charge in [-0.05, 0) is 30.8 Å². The first-order chi connectivity index (χ1) is 8.86.